The standard InChI is InChI=1S/C27H34N6O3S/c1-6-32(7-2)18(3)15-28-27(34)20-13-23(30-25(14-20)36-17-19(4)35-5)21-16-29-33-11-10-22(31-26(21)33)24-9-8-12-37-24/h8-14,16,18-19H,6-7,15,17H2,1-5H3,(H,28,34)/t18-,19-/m0/s1. The summed E-state index contributed by atoms with van der Waals surface area (Å²) in [5, 5.41) is 9.54. The summed E-state index contributed by atoms with van der Waals surface area (Å²) in [4.78, 5) is 26.1. The summed E-state index contributed by atoms with van der Waals surface area (Å²) in [7, 11) is 1.63. The fourth-order valence-corrected chi connectivity index (χ4v) is 4.74. The van der Waals surface area contributed by atoms with Crippen LogP contribution in [0.15, 0.2) is 48.1 Å². The second kappa shape index (κ2) is 12.3. The Bertz CT molecular complexity index is 1320. The van der Waals surface area contributed by atoms with Crippen LogP contribution in [0.4, 0.5) is 0 Å². The van der Waals surface area contributed by atoms with Gasteiger partial charge in [-0.25, -0.2) is 14.5 Å². The number of rotatable bonds is 12. The van der Waals surface area contributed by atoms with E-state index in [1.165, 1.54) is 0 Å². The number of amides is 1. The minimum atomic E-state index is -0.184. The highest BCUT2D eigenvalue weighted by molar-refractivity contribution is 7.13. The van der Waals surface area contributed by atoms with E-state index in [1.807, 2.05) is 36.7 Å². The first kappa shape index (κ1) is 26.7. The van der Waals surface area contributed by atoms with Crippen molar-refractivity contribution in [1.29, 1.82) is 0 Å². The molecule has 0 aliphatic heterocycles. The van der Waals surface area contributed by atoms with E-state index < -0.39 is 0 Å². The van der Waals surface area contributed by atoms with Gasteiger partial charge >= 0.3 is 0 Å². The van der Waals surface area contributed by atoms with Crippen molar-refractivity contribution in [2.24, 2.45) is 0 Å². The van der Waals surface area contributed by atoms with Gasteiger partial charge in [0.2, 0.25) is 5.88 Å². The van der Waals surface area contributed by atoms with E-state index in [-0.39, 0.29) is 18.1 Å². The number of nitrogens with zero attached hydrogens (tertiary/aromatic N) is 5. The number of aromatic nitrogens is 4. The largest absolute Gasteiger partial charge is 0.475 e. The van der Waals surface area contributed by atoms with Gasteiger partial charge in [0.25, 0.3) is 5.91 Å². The summed E-state index contributed by atoms with van der Waals surface area (Å²) in [6.45, 7) is 11.0. The lowest BCUT2D eigenvalue weighted by atomic mass is 10.1. The third kappa shape index (κ3) is 6.33. The normalized spacial score (nSPS) is 13.1. The van der Waals surface area contributed by atoms with Gasteiger partial charge in [0.15, 0.2) is 5.65 Å². The third-order valence-electron chi connectivity index (χ3n) is 6.34. The van der Waals surface area contributed by atoms with Gasteiger partial charge in [-0.3, -0.25) is 9.69 Å². The first-order valence-corrected chi connectivity index (χ1v) is 13.4. The second-order valence-electron chi connectivity index (χ2n) is 8.83. The monoisotopic (exact) mass is 522 g/mol. The number of nitrogens with one attached hydrogen (secondary N) is 1. The number of thiophene rings is 1. The molecule has 0 bridgehead atoms. The second-order valence-corrected chi connectivity index (χ2v) is 9.78. The number of hydrogen-bond donors (Lipinski definition) is 1. The minimum absolute atomic E-state index is 0.121. The molecule has 37 heavy (non-hydrogen) atoms. The molecule has 0 aliphatic carbocycles. The molecule has 4 heterocycles. The molecule has 10 heteroatoms. The molecular formula is C27H34N6O3S. The Kier molecular flexibility index (Phi) is 8.86. The highest BCUT2D eigenvalue weighted by atomic mass is 32.1. The molecule has 4 aromatic rings. The van der Waals surface area contributed by atoms with Crippen molar-refractivity contribution in [3.8, 4) is 27.7 Å². The molecule has 0 fully saturated rings. The van der Waals surface area contributed by atoms with Gasteiger partial charge in [0.1, 0.15) is 6.61 Å². The van der Waals surface area contributed by atoms with Crippen LogP contribution < -0.4 is 10.1 Å². The van der Waals surface area contributed by atoms with Crippen LogP contribution in [0.1, 0.15) is 38.1 Å². The SMILES string of the molecule is CCN(CC)[C@@H](C)CNC(=O)c1cc(OC[C@H](C)OC)nc(-c2cnn3ccc(-c4cccs4)nc23)c1. The van der Waals surface area contributed by atoms with Crippen molar-refractivity contribution in [3.05, 3.63) is 53.7 Å². The molecule has 0 aromatic carbocycles. The van der Waals surface area contributed by atoms with Gasteiger partial charge in [-0.05, 0) is 50.5 Å². The number of carbonyl (C=O) groups excluding carboxylic acids is 1. The van der Waals surface area contributed by atoms with Crippen LogP contribution in [0.25, 0.3) is 27.5 Å². The van der Waals surface area contributed by atoms with Crippen molar-refractivity contribution in [2.45, 2.75) is 39.8 Å². The molecule has 0 spiro atoms. The maximum Gasteiger partial charge on any atom is 0.251 e. The molecule has 0 radical (unpaired) electrons. The van der Waals surface area contributed by atoms with E-state index in [4.69, 9.17) is 19.4 Å². The summed E-state index contributed by atoms with van der Waals surface area (Å²) >= 11 is 1.63. The highest BCUT2D eigenvalue weighted by Crippen LogP contribution is 2.28. The van der Waals surface area contributed by atoms with E-state index in [2.05, 4.69) is 36.1 Å². The number of methoxy groups -OCH3 is 1. The van der Waals surface area contributed by atoms with Crippen molar-refractivity contribution >= 4 is 22.9 Å². The smallest absolute Gasteiger partial charge is 0.251 e. The Hall–Kier alpha value is -3.34. The summed E-state index contributed by atoms with van der Waals surface area (Å²) in [5.41, 5.74) is 3.26. The van der Waals surface area contributed by atoms with E-state index in [1.54, 1.807) is 41.3 Å². The molecule has 0 saturated carbocycles. The highest BCUT2D eigenvalue weighted by Gasteiger charge is 2.18. The lowest BCUT2D eigenvalue weighted by Gasteiger charge is -2.26. The van der Waals surface area contributed by atoms with Crippen LogP contribution >= 0.6 is 11.3 Å². The summed E-state index contributed by atoms with van der Waals surface area (Å²) < 4.78 is 12.9. The number of ether oxygens (including phenoxy) is 2. The fourth-order valence-electron chi connectivity index (χ4n) is 4.05. The molecule has 2 atom stereocenters. The van der Waals surface area contributed by atoms with Gasteiger partial charge in [-0.1, -0.05) is 19.9 Å². The van der Waals surface area contributed by atoms with E-state index >= 15 is 0 Å². The summed E-state index contributed by atoms with van der Waals surface area (Å²) in [6.07, 6.45) is 3.47. The van der Waals surface area contributed by atoms with E-state index in [9.17, 15) is 4.79 Å². The topological polar surface area (TPSA) is 93.9 Å². The minimum Gasteiger partial charge on any atom is -0.475 e. The Balaban J connectivity index is 1.68. The average molecular weight is 523 g/mol. The zero-order chi connectivity index (χ0) is 26.4. The van der Waals surface area contributed by atoms with E-state index in [0.29, 0.717) is 41.5 Å². The number of likely N-dealkylation sites (N-methyl/N-ethyl adjacent to an activating group) is 1. The zero-order valence-corrected chi connectivity index (χ0v) is 22.8. The first-order chi connectivity index (χ1) is 17.9. The van der Waals surface area contributed by atoms with Crippen LogP contribution in [0.2, 0.25) is 0 Å². The van der Waals surface area contributed by atoms with Gasteiger partial charge in [0.05, 0.1) is 34.1 Å². The molecule has 4 rings (SSSR count). The molecule has 1 amide bonds. The molecule has 4 aromatic heterocycles. The fraction of sp³-hybridized carbons (Fsp3) is 0.407. The van der Waals surface area contributed by atoms with Gasteiger partial charge < -0.3 is 14.8 Å². The molecule has 9 nitrogen and oxygen atoms in total. The Labute approximate surface area is 221 Å². The summed E-state index contributed by atoms with van der Waals surface area (Å²) in [5.74, 6) is 0.160. The van der Waals surface area contributed by atoms with Crippen LogP contribution in [-0.2, 0) is 4.74 Å². The number of carbonyl (C=O) groups is 1. The van der Waals surface area contributed by atoms with Crippen LogP contribution in [0, 0.1) is 0 Å². The first-order valence-electron chi connectivity index (χ1n) is 12.5. The Morgan fingerprint density at radius 3 is 2.68 bits per heavy atom. The van der Waals surface area contributed by atoms with Crippen LogP contribution in [0.5, 0.6) is 5.88 Å². The van der Waals surface area contributed by atoms with Crippen molar-refractivity contribution in [1.82, 2.24) is 29.8 Å². The van der Waals surface area contributed by atoms with E-state index in [0.717, 1.165) is 23.7 Å². The Morgan fingerprint density at radius 2 is 1.97 bits per heavy atom. The van der Waals surface area contributed by atoms with Crippen LogP contribution in [0.3, 0.4) is 0 Å². The maximum absolute atomic E-state index is 13.2. The maximum atomic E-state index is 13.2. The number of pyridine rings is 1. The Morgan fingerprint density at radius 1 is 1.16 bits per heavy atom. The zero-order valence-electron chi connectivity index (χ0n) is 22.0. The molecule has 1 N–H and O–H groups in total. The number of hydrogen-bond acceptors (Lipinski definition) is 8. The average Bonchev–Trinajstić information content (AvgIpc) is 3.61. The molecule has 0 aliphatic rings. The molecule has 0 unspecified atom stereocenters. The van der Waals surface area contributed by atoms with Crippen molar-refractivity contribution < 1.29 is 14.3 Å². The third-order valence-corrected chi connectivity index (χ3v) is 7.24. The molecule has 0 saturated heterocycles. The van der Waals surface area contributed by atoms with Crippen molar-refractivity contribution in [3.63, 3.8) is 0 Å². The van der Waals surface area contributed by atoms with Crippen molar-refractivity contribution in [2.75, 3.05) is 33.4 Å². The lowest BCUT2D eigenvalue weighted by Crippen LogP contribution is -2.42. The van der Waals surface area contributed by atoms with Gasteiger partial charge in [-0.2, -0.15) is 5.10 Å². The predicted molar refractivity (Wildman–Crippen MR) is 146 cm³/mol. The quantitative estimate of drug-likeness (QED) is 0.295. The molecule has 196 valence electrons. The lowest BCUT2D eigenvalue weighted by molar-refractivity contribution is 0.0699. The molecular weight excluding hydrogens is 488 g/mol. The van der Waals surface area contributed by atoms with Gasteiger partial charge in [0, 0.05) is 37.5 Å². The number of fused-ring (bicyclic) bond motifs is 1. The van der Waals surface area contributed by atoms with Gasteiger partial charge in [-0.15, -0.1) is 11.3 Å². The predicted octanol–water partition coefficient (Wildman–Crippen LogP) is 4.39. The van der Waals surface area contributed by atoms with Crippen LogP contribution in [-0.4, -0.2) is 75.9 Å². The summed E-state index contributed by atoms with van der Waals surface area (Å²) in [6, 6.07) is 9.62.